The fourth-order valence-corrected chi connectivity index (χ4v) is 5.49. The summed E-state index contributed by atoms with van der Waals surface area (Å²) in [5.41, 5.74) is 1.46. The lowest BCUT2D eigenvalue weighted by Gasteiger charge is -2.51. The number of aryl methyl sites for hydroxylation is 1. The van der Waals surface area contributed by atoms with Gasteiger partial charge in [-0.3, -0.25) is 9.36 Å². The van der Waals surface area contributed by atoms with Gasteiger partial charge in [0.2, 0.25) is 5.91 Å². The van der Waals surface area contributed by atoms with E-state index in [9.17, 15) is 9.36 Å². The van der Waals surface area contributed by atoms with E-state index in [1.807, 2.05) is 24.3 Å². The first-order valence-corrected chi connectivity index (χ1v) is 9.03. The molecule has 0 spiro atoms. The summed E-state index contributed by atoms with van der Waals surface area (Å²) >= 11 is 0. The van der Waals surface area contributed by atoms with Crippen molar-refractivity contribution in [3.8, 4) is 0 Å². The molecule has 21 heavy (non-hydrogen) atoms. The largest absolute Gasteiger partial charge is 0.345 e. The maximum Gasteiger partial charge on any atom is 0.345 e. The molecular weight excluding hydrogens is 289 g/mol. The van der Waals surface area contributed by atoms with Crippen molar-refractivity contribution in [2.45, 2.75) is 38.4 Å². The minimum absolute atomic E-state index is 0.0728. The van der Waals surface area contributed by atoms with Gasteiger partial charge in [-0.25, -0.2) is 0 Å². The molecule has 5 nitrogen and oxygen atoms in total. The number of β-lactam (4-membered cyclic amide) rings is 1. The number of carbonyl (C=O) groups is 1. The van der Waals surface area contributed by atoms with Crippen LogP contribution in [0.1, 0.15) is 25.8 Å². The van der Waals surface area contributed by atoms with Gasteiger partial charge in [0.05, 0.1) is 19.3 Å². The highest BCUT2D eigenvalue weighted by atomic mass is 31.2. The van der Waals surface area contributed by atoms with E-state index in [-0.39, 0.29) is 25.2 Å². The van der Waals surface area contributed by atoms with Crippen molar-refractivity contribution < 1.29 is 18.4 Å². The van der Waals surface area contributed by atoms with Crippen molar-refractivity contribution in [1.29, 1.82) is 0 Å². The number of amides is 1. The first kappa shape index (κ1) is 14.8. The first-order chi connectivity index (χ1) is 10.1. The molecule has 1 aromatic rings. The Morgan fingerprint density at radius 1 is 1.24 bits per heavy atom. The number of anilines is 1. The molecule has 2 aliphatic rings. The van der Waals surface area contributed by atoms with Crippen LogP contribution in [0.3, 0.4) is 0 Å². The van der Waals surface area contributed by atoms with E-state index in [0.717, 1.165) is 18.5 Å². The molecule has 2 heterocycles. The molecule has 1 fully saturated rings. The molecule has 0 saturated carbocycles. The summed E-state index contributed by atoms with van der Waals surface area (Å²) in [6, 6.07) is 7.81. The predicted octanol–water partition coefficient (Wildman–Crippen LogP) is 2.98. The van der Waals surface area contributed by atoms with Crippen LogP contribution in [0.25, 0.3) is 0 Å². The number of hydrogen-bond acceptors (Lipinski definition) is 4. The van der Waals surface area contributed by atoms with Gasteiger partial charge in [0.25, 0.3) is 0 Å². The monoisotopic (exact) mass is 309 g/mol. The van der Waals surface area contributed by atoms with E-state index in [0.29, 0.717) is 0 Å². The second-order valence-corrected chi connectivity index (χ2v) is 7.42. The molecule has 3 rings (SSSR count). The van der Waals surface area contributed by atoms with E-state index < -0.39 is 13.3 Å². The van der Waals surface area contributed by atoms with Gasteiger partial charge in [0.15, 0.2) is 5.66 Å². The second-order valence-electron chi connectivity index (χ2n) is 5.26. The van der Waals surface area contributed by atoms with Gasteiger partial charge in [0, 0.05) is 5.69 Å². The van der Waals surface area contributed by atoms with Crippen LogP contribution in [0.5, 0.6) is 0 Å². The summed E-state index contributed by atoms with van der Waals surface area (Å²) in [5.74, 6) is -0.141. The normalized spacial score (nSPS) is 24.3. The summed E-state index contributed by atoms with van der Waals surface area (Å²) in [4.78, 5) is 14.3. The molecule has 0 aliphatic carbocycles. The molecule has 114 valence electrons. The first-order valence-electron chi connectivity index (χ1n) is 7.42. The van der Waals surface area contributed by atoms with Crippen LogP contribution in [-0.4, -0.2) is 30.8 Å². The van der Waals surface area contributed by atoms with Crippen molar-refractivity contribution in [2.75, 3.05) is 18.1 Å². The minimum atomic E-state index is -3.37. The highest BCUT2D eigenvalue weighted by Gasteiger charge is 2.60. The van der Waals surface area contributed by atoms with E-state index >= 15 is 0 Å². The van der Waals surface area contributed by atoms with Crippen LogP contribution >= 0.6 is 7.60 Å². The summed E-state index contributed by atoms with van der Waals surface area (Å²) in [7, 11) is -3.37. The zero-order valence-corrected chi connectivity index (χ0v) is 13.2. The maximum absolute atomic E-state index is 12.9. The third kappa shape index (κ3) is 2.24. The quantitative estimate of drug-likeness (QED) is 0.620. The van der Waals surface area contributed by atoms with Gasteiger partial charge in [-0.2, -0.15) is 0 Å². The number of nitrogens with zero attached hydrogens (tertiary/aromatic N) is 1. The standard InChI is InChI=1S/C15H20NO4P/c1-3-19-21(18,20-4-2)14-13-10-9-11-7-5-6-8-12(11)16(13)15(14)17/h5-8,13-14H,3-4,9-10H2,1-2H3/t13-,14-/m1/s1. The Bertz CT molecular complexity index is 593. The van der Waals surface area contributed by atoms with Crippen molar-refractivity contribution in [3.05, 3.63) is 29.8 Å². The second kappa shape index (κ2) is 5.56. The van der Waals surface area contributed by atoms with Crippen LogP contribution in [0, 0.1) is 0 Å². The third-order valence-corrected chi connectivity index (χ3v) is 6.59. The van der Waals surface area contributed by atoms with Gasteiger partial charge in [-0.1, -0.05) is 18.2 Å². The van der Waals surface area contributed by atoms with Gasteiger partial charge >= 0.3 is 7.60 Å². The van der Waals surface area contributed by atoms with Crippen LogP contribution in [0.15, 0.2) is 24.3 Å². The molecule has 0 aromatic heterocycles. The third-order valence-electron chi connectivity index (χ3n) is 4.11. The molecule has 1 aromatic carbocycles. The average Bonchev–Trinajstić information content (AvgIpc) is 2.45. The Hall–Kier alpha value is -1.16. The molecule has 2 aliphatic heterocycles. The smallest absolute Gasteiger partial charge is 0.308 e. The van der Waals surface area contributed by atoms with E-state index in [1.165, 1.54) is 5.56 Å². The van der Waals surface area contributed by atoms with Crippen molar-refractivity contribution in [3.63, 3.8) is 0 Å². The van der Waals surface area contributed by atoms with Gasteiger partial charge in [-0.15, -0.1) is 0 Å². The van der Waals surface area contributed by atoms with Gasteiger partial charge in [-0.05, 0) is 38.3 Å². The van der Waals surface area contributed by atoms with Crippen molar-refractivity contribution in [1.82, 2.24) is 0 Å². The van der Waals surface area contributed by atoms with Gasteiger partial charge < -0.3 is 13.9 Å². The Morgan fingerprint density at radius 3 is 2.57 bits per heavy atom. The highest BCUT2D eigenvalue weighted by Crippen LogP contribution is 2.60. The molecule has 0 radical (unpaired) electrons. The van der Waals surface area contributed by atoms with Crippen LogP contribution in [0.4, 0.5) is 5.69 Å². The topological polar surface area (TPSA) is 55.8 Å². The maximum atomic E-state index is 12.9. The zero-order chi connectivity index (χ0) is 15.0. The lowest BCUT2D eigenvalue weighted by molar-refractivity contribution is -0.124. The van der Waals surface area contributed by atoms with Crippen LogP contribution in [0.2, 0.25) is 0 Å². The van der Waals surface area contributed by atoms with E-state index in [1.54, 1.807) is 18.7 Å². The Kier molecular flexibility index (Phi) is 3.91. The number of carbonyl (C=O) groups excluding carboxylic acids is 1. The molecular formula is C15H20NO4P. The average molecular weight is 309 g/mol. The lowest BCUT2D eigenvalue weighted by atomic mass is 9.87. The summed E-state index contributed by atoms with van der Waals surface area (Å²) in [6.07, 6.45) is 1.69. The SMILES string of the molecule is CCOP(=O)(OCC)[C@H]1C(=O)N2c3ccccc3CC[C@H]12. The summed E-state index contributed by atoms with van der Waals surface area (Å²) in [5, 5.41) is 0. The highest BCUT2D eigenvalue weighted by molar-refractivity contribution is 7.56. The molecule has 2 atom stereocenters. The number of para-hydroxylation sites is 1. The van der Waals surface area contributed by atoms with Crippen molar-refractivity contribution in [2.24, 2.45) is 0 Å². The van der Waals surface area contributed by atoms with E-state index in [2.05, 4.69) is 0 Å². The Morgan fingerprint density at radius 2 is 1.90 bits per heavy atom. The molecule has 0 N–H and O–H groups in total. The van der Waals surface area contributed by atoms with E-state index in [4.69, 9.17) is 9.05 Å². The van der Waals surface area contributed by atoms with Crippen molar-refractivity contribution >= 4 is 19.2 Å². The molecule has 1 amide bonds. The predicted molar refractivity (Wildman–Crippen MR) is 80.7 cm³/mol. The van der Waals surface area contributed by atoms with Gasteiger partial charge in [0.1, 0.15) is 0 Å². The number of benzene rings is 1. The van der Waals surface area contributed by atoms with Crippen LogP contribution in [-0.2, 0) is 24.8 Å². The Balaban J connectivity index is 1.90. The summed E-state index contributed by atoms with van der Waals surface area (Å²) < 4.78 is 23.6. The Labute approximate surface area is 124 Å². The minimum Gasteiger partial charge on any atom is -0.308 e. The zero-order valence-electron chi connectivity index (χ0n) is 12.3. The summed E-state index contributed by atoms with van der Waals surface area (Å²) in [6.45, 7) is 4.10. The molecule has 0 unspecified atom stereocenters. The fourth-order valence-electron chi connectivity index (χ4n) is 3.28. The number of rotatable bonds is 5. The number of hydrogen-bond donors (Lipinski definition) is 0. The molecule has 0 bridgehead atoms. The molecule has 1 saturated heterocycles. The fraction of sp³-hybridized carbons (Fsp3) is 0.533. The lowest BCUT2D eigenvalue weighted by Crippen LogP contribution is -2.66. The molecule has 6 heteroatoms. The number of fused-ring (bicyclic) bond motifs is 3. The van der Waals surface area contributed by atoms with Crippen LogP contribution < -0.4 is 4.90 Å².